The Morgan fingerprint density at radius 1 is 1.11 bits per heavy atom. The number of hydrogen-bond donors (Lipinski definition) is 0. The number of aromatic nitrogens is 4. The lowest BCUT2D eigenvalue weighted by atomic mass is 10.3. The van der Waals surface area contributed by atoms with E-state index in [1.54, 1.807) is 23.0 Å². The highest BCUT2D eigenvalue weighted by molar-refractivity contribution is 6.30. The van der Waals surface area contributed by atoms with Crippen molar-refractivity contribution in [3.05, 3.63) is 47.6 Å². The van der Waals surface area contributed by atoms with Crippen molar-refractivity contribution in [1.29, 1.82) is 5.26 Å². The van der Waals surface area contributed by atoms with Gasteiger partial charge >= 0.3 is 0 Å². The van der Waals surface area contributed by atoms with Crippen LogP contribution in [0.4, 0.5) is 0 Å². The van der Waals surface area contributed by atoms with Crippen molar-refractivity contribution >= 4 is 22.8 Å². The monoisotopic (exact) mass is 255 g/mol. The first-order chi connectivity index (χ1) is 8.79. The molecule has 0 atom stereocenters. The molecule has 0 aliphatic heterocycles. The van der Waals surface area contributed by atoms with E-state index < -0.39 is 0 Å². The SMILES string of the molecule is N#Cc1ncnc2c1ncn2-c1ccc(Cl)cc1. The van der Waals surface area contributed by atoms with E-state index >= 15 is 0 Å². The molecule has 3 rings (SSSR count). The van der Waals surface area contributed by atoms with E-state index in [1.165, 1.54) is 6.33 Å². The van der Waals surface area contributed by atoms with Crippen molar-refractivity contribution in [2.75, 3.05) is 0 Å². The highest BCUT2D eigenvalue weighted by atomic mass is 35.5. The highest BCUT2D eigenvalue weighted by Gasteiger charge is 2.10. The Labute approximate surface area is 107 Å². The molecule has 18 heavy (non-hydrogen) atoms. The summed E-state index contributed by atoms with van der Waals surface area (Å²) in [5, 5.41) is 9.61. The standard InChI is InChI=1S/C12H6ClN5/c13-8-1-3-9(4-2-8)18-7-17-11-10(5-14)15-6-16-12(11)18/h1-4,6-7H. The fourth-order valence-electron chi connectivity index (χ4n) is 1.71. The molecule has 86 valence electrons. The molecule has 0 saturated carbocycles. The normalized spacial score (nSPS) is 10.4. The van der Waals surface area contributed by atoms with Crippen LogP contribution in [0.3, 0.4) is 0 Å². The minimum atomic E-state index is 0.271. The predicted octanol–water partition coefficient (Wildman–Crippen LogP) is 2.34. The number of imidazole rings is 1. The largest absolute Gasteiger partial charge is 0.283 e. The smallest absolute Gasteiger partial charge is 0.171 e. The van der Waals surface area contributed by atoms with Crippen molar-refractivity contribution in [2.45, 2.75) is 0 Å². The Morgan fingerprint density at radius 2 is 1.89 bits per heavy atom. The summed E-state index contributed by atoms with van der Waals surface area (Å²) in [5.74, 6) is 0. The molecule has 2 aromatic heterocycles. The highest BCUT2D eigenvalue weighted by Crippen LogP contribution is 2.19. The third-order valence-electron chi connectivity index (χ3n) is 2.54. The molecule has 0 saturated heterocycles. The zero-order valence-corrected chi connectivity index (χ0v) is 9.83. The fraction of sp³-hybridized carbons (Fsp3) is 0. The minimum absolute atomic E-state index is 0.271. The van der Waals surface area contributed by atoms with E-state index in [-0.39, 0.29) is 5.69 Å². The number of rotatable bonds is 1. The van der Waals surface area contributed by atoms with E-state index in [4.69, 9.17) is 16.9 Å². The molecule has 0 fully saturated rings. The molecule has 0 N–H and O–H groups in total. The Balaban J connectivity index is 2.25. The quantitative estimate of drug-likeness (QED) is 0.669. The summed E-state index contributed by atoms with van der Waals surface area (Å²) in [7, 11) is 0. The summed E-state index contributed by atoms with van der Waals surface area (Å²) < 4.78 is 1.79. The molecule has 0 amide bonds. The van der Waals surface area contributed by atoms with Crippen LogP contribution in [0.5, 0.6) is 0 Å². The van der Waals surface area contributed by atoms with Crippen LogP contribution in [0.1, 0.15) is 5.69 Å². The lowest BCUT2D eigenvalue weighted by molar-refractivity contribution is 1.06. The lowest BCUT2D eigenvalue weighted by Crippen LogP contribution is -1.95. The van der Waals surface area contributed by atoms with Crippen molar-refractivity contribution in [3.8, 4) is 11.8 Å². The van der Waals surface area contributed by atoms with E-state index in [0.29, 0.717) is 16.2 Å². The number of hydrogen-bond acceptors (Lipinski definition) is 4. The van der Waals surface area contributed by atoms with E-state index in [0.717, 1.165) is 5.69 Å². The van der Waals surface area contributed by atoms with Crippen molar-refractivity contribution in [3.63, 3.8) is 0 Å². The summed E-state index contributed by atoms with van der Waals surface area (Å²) in [5.41, 5.74) is 2.25. The third kappa shape index (κ3) is 1.60. The Hall–Kier alpha value is -2.45. The summed E-state index contributed by atoms with van der Waals surface area (Å²) in [4.78, 5) is 12.2. The average Bonchev–Trinajstić information content (AvgIpc) is 2.83. The zero-order chi connectivity index (χ0) is 12.5. The molecular weight excluding hydrogens is 250 g/mol. The summed E-state index contributed by atoms with van der Waals surface area (Å²) in [6, 6.07) is 9.29. The van der Waals surface area contributed by atoms with Crippen LogP contribution >= 0.6 is 11.6 Å². The minimum Gasteiger partial charge on any atom is -0.283 e. The first-order valence-electron chi connectivity index (χ1n) is 5.13. The molecular formula is C12H6ClN5. The summed E-state index contributed by atoms with van der Waals surface area (Å²) >= 11 is 5.85. The maximum absolute atomic E-state index is 8.94. The number of nitrogens with zero attached hydrogens (tertiary/aromatic N) is 5. The van der Waals surface area contributed by atoms with Gasteiger partial charge in [0.25, 0.3) is 0 Å². The molecule has 6 heteroatoms. The van der Waals surface area contributed by atoms with Crippen molar-refractivity contribution < 1.29 is 0 Å². The molecule has 1 aromatic carbocycles. The molecule has 0 spiro atoms. The molecule has 0 unspecified atom stereocenters. The fourth-order valence-corrected chi connectivity index (χ4v) is 1.83. The summed E-state index contributed by atoms with van der Waals surface area (Å²) in [6.45, 7) is 0. The van der Waals surface area contributed by atoms with Gasteiger partial charge in [-0.15, -0.1) is 0 Å². The number of fused-ring (bicyclic) bond motifs is 1. The third-order valence-corrected chi connectivity index (χ3v) is 2.80. The van der Waals surface area contributed by atoms with E-state index in [1.807, 2.05) is 18.2 Å². The lowest BCUT2D eigenvalue weighted by Gasteiger charge is -2.02. The average molecular weight is 256 g/mol. The van der Waals surface area contributed by atoms with Crippen molar-refractivity contribution in [1.82, 2.24) is 19.5 Å². The van der Waals surface area contributed by atoms with E-state index in [2.05, 4.69) is 15.0 Å². The van der Waals surface area contributed by atoms with Crippen LogP contribution in [0.2, 0.25) is 5.02 Å². The van der Waals surface area contributed by atoms with Gasteiger partial charge in [0.15, 0.2) is 11.3 Å². The Bertz CT molecular complexity index is 754. The second-order valence-electron chi connectivity index (χ2n) is 3.60. The van der Waals surface area contributed by atoms with Crippen molar-refractivity contribution in [2.24, 2.45) is 0 Å². The van der Waals surface area contributed by atoms with Crippen LogP contribution in [-0.2, 0) is 0 Å². The van der Waals surface area contributed by atoms with Gasteiger partial charge in [-0.25, -0.2) is 15.0 Å². The van der Waals surface area contributed by atoms with Crippen LogP contribution in [-0.4, -0.2) is 19.5 Å². The predicted molar refractivity (Wildman–Crippen MR) is 66.4 cm³/mol. The van der Waals surface area contributed by atoms with Gasteiger partial charge in [0.05, 0.1) is 0 Å². The number of benzene rings is 1. The van der Waals surface area contributed by atoms with Gasteiger partial charge in [-0.1, -0.05) is 11.6 Å². The molecule has 5 nitrogen and oxygen atoms in total. The Morgan fingerprint density at radius 3 is 2.61 bits per heavy atom. The van der Waals surface area contributed by atoms with Crippen LogP contribution in [0.25, 0.3) is 16.9 Å². The van der Waals surface area contributed by atoms with Gasteiger partial charge in [0, 0.05) is 10.7 Å². The first-order valence-corrected chi connectivity index (χ1v) is 5.51. The molecule has 3 aromatic rings. The number of halogens is 1. The molecule has 0 aliphatic rings. The van der Waals surface area contributed by atoms with Gasteiger partial charge in [-0.2, -0.15) is 5.26 Å². The van der Waals surface area contributed by atoms with Gasteiger partial charge in [-0.05, 0) is 24.3 Å². The van der Waals surface area contributed by atoms with Gasteiger partial charge in [0.1, 0.15) is 24.2 Å². The summed E-state index contributed by atoms with van der Waals surface area (Å²) in [6.07, 6.45) is 2.97. The van der Waals surface area contributed by atoms with Crippen LogP contribution < -0.4 is 0 Å². The molecule has 0 bridgehead atoms. The topological polar surface area (TPSA) is 67.4 Å². The van der Waals surface area contributed by atoms with Crippen LogP contribution in [0, 0.1) is 11.3 Å². The zero-order valence-electron chi connectivity index (χ0n) is 9.08. The maximum Gasteiger partial charge on any atom is 0.171 e. The van der Waals surface area contributed by atoms with Gasteiger partial charge in [0.2, 0.25) is 0 Å². The Kier molecular flexibility index (Phi) is 2.43. The van der Waals surface area contributed by atoms with Gasteiger partial charge < -0.3 is 0 Å². The van der Waals surface area contributed by atoms with Gasteiger partial charge in [-0.3, -0.25) is 4.57 Å². The number of nitriles is 1. The van der Waals surface area contributed by atoms with E-state index in [9.17, 15) is 0 Å². The first kappa shape index (κ1) is 10.7. The molecule has 0 aliphatic carbocycles. The molecule has 2 heterocycles. The van der Waals surface area contributed by atoms with Crippen LogP contribution in [0.15, 0.2) is 36.9 Å². The second-order valence-corrected chi connectivity index (χ2v) is 4.03. The maximum atomic E-state index is 8.94. The second kappa shape index (κ2) is 4.09. The molecule has 0 radical (unpaired) electrons.